The fourth-order valence-corrected chi connectivity index (χ4v) is 2.72. The van der Waals surface area contributed by atoms with E-state index in [1.54, 1.807) is 0 Å². The van der Waals surface area contributed by atoms with Crippen LogP contribution in [-0.2, 0) is 0 Å². The molecule has 1 heterocycles. The fourth-order valence-electron chi connectivity index (χ4n) is 2.72. The van der Waals surface area contributed by atoms with E-state index in [4.69, 9.17) is 0 Å². The summed E-state index contributed by atoms with van der Waals surface area (Å²) in [6, 6.07) is 4.63. The molecule has 2 nitrogen and oxygen atoms in total. The molecule has 0 spiro atoms. The van der Waals surface area contributed by atoms with Crippen molar-refractivity contribution in [3.05, 3.63) is 35.4 Å². The number of piperidine rings is 1. The molecule has 1 aromatic carbocycles. The third kappa shape index (κ3) is 3.74. The molecule has 0 aromatic heterocycles. The Morgan fingerprint density at radius 2 is 1.89 bits per heavy atom. The zero-order valence-corrected chi connectivity index (χ0v) is 11.8. The quantitative estimate of drug-likeness (QED) is 0.906. The van der Waals surface area contributed by atoms with E-state index in [0.717, 1.165) is 25.5 Å². The van der Waals surface area contributed by atoms with Crippen LogP contribution in [0.15, 0.2) is 18.2 Å². The summed E-state index contributed by atoms with van der Waals surface area (Å²) in [5.41, 5.74) is 0.670. The Morgan fingerprint density at radius 3 is 2.47 bits per heavy atom. The minimum atomic E-state index is -0.514. The monoisotopic (exact) mass is 268 g/mol. The van der Waals surface area contributed by atoms with Crippen molar-refractivity contribution in [3.63, 3.8) is 0 Å². The van der Waals surface area contributed by atoms with Gasteiger partial charge in [0.2, 0.25) is 0 Å². The van der Waals surface area contributed by atoms with Crippen molar-refractivity contribution in [2.45, 2.75) is 44.8 Å². The lowest BCUT2D eigenvalue weighted by atomic mass is 9.97. The van der Waals surface area contributed by atoms with Crippen LogP contribution in [0, 0.1) is 11.6 Å². The number of benzene rings is 1. The Kier molecular flexibility index (Phi) is 4.53. The Labute approximate surface area is 113 Å². The van der Waals surface area contributed by atoms with Gasteiger partial charge in [-0.1, -0.05) is 0 Å². The maximum absolute atomic E-state index is 13.2. The Hall–Kier alpha value is -1.00. The topological polar surface area (TPSA) is 15.3 Å². The molecule has 1 aliphatic heterocycles. The fraction of sp³-hybridized carbons (Fsp3) is 0.600. The van der Waals surface area contributed by atoms with Crippen molar-refractivity contribution < 1.29 is 8.78 Å². The molecular weight excluding hydrogens is 246 g/mol. The van der Waals surface area contributed by atoms with Gasteiger partial charge < -0.3 is 10.2 Å². The number of halogens is 2. The number of rotatable bonds is 3. The van der Waals surface area contributed by atoms with Gasteiger partial charge in [0, 0.05) is 24.2 Å². The van der Waals surface area contributed by atoms with Gasteiger partial charge in [-0.05, 0) is 58.0 Å². The van der Waals surface area contributed by atoms with Crippen LogP contribution in [0.2, 0.25) is 0 Å². The predicted molar refractivity (Wildman–Crippen MR) is 73.0 cm³/mol. The summed E-state index contributed by atoms with van der Waals surface area (Å²) >= 11 is 0. The van der Waals surface area contributed by atoms with Gasteiger partial charge >= 0.3 is 0 Å². The number of likely N-dealkylation sites (tertiary alicyclic amines) is 1. The molecule has 19 heavy (non-hydrogen) atoms. The van der Waals surface area contributed by atoms with E-state index in [-0.39, 0.29) is 6.04 Å². The van der Waals surface area contributed by atoms with Gasteiger partial charge in [-0.3, -0.25) is 0 Å². The van der Waals surface area contributed by atoms with Gasteiger partial charge in [-0.15, -0.1) is 0 Å². The summed E-state index contributed by atoms with van der Waals surface area (Å²) in [5.74, 6) is -1.03. The average molecular weight is 268 g/mol. The largest absolute Gasteiger partial charge is 0.307 e. The summed E-state index contributed by atoms with van der Waals surface area (Å²) in [6.45, 7) is 5.22. The van der Waals surface area contributed by atoms with Crippen molar-refractivity contribution in [1.29, 1.82) is 0 Å². The summed E-state index contributed by atoms with van der Waals surface area (Å²) in [7, 11) is 2.13. The summed E-state index contributed by atoms with van der Waals surface area (Å²) in [4.78, 5) is 2.34. The van der Waals surface area contributed by atoms with Crippen LogP contribution in [0.1, 0.15) is 38.3 Å². The maximum Gasteiger partial charge on any atom is 0.126 e. The standard InChI is InChI=1S/C15H22F2N2/c1-10-6-15(4-5-19(10)3)18-11(2)12-7-13(16)9-14(17)8-12/h7-11,15,18H,4-6H2,1-3H3. The summed E-state index contributed by atoms with van der Waals surface area (Å²) < 4.78 is 26.4. The van der Waals surface area contributed by atoms with E-state index in [9.17, 15) is 8.78 Å². The normalized spacial score (nSPS) is 26.4. The molecule has 0 amide bonds. The first-order valence-electron chi connectivity index (χ1n) is 6.88. The van der Waals surface area contributed by atoms with E-state index in [0.29, 0.717) is 17.6 Å². The van der Waals surface area contributed by atoms with E-state index >= 15 is 0 Å². The highest BCUT2D eigenvalue weighted by molar-refractivity contribution is 5.21. The molecule has 0 aliphatic carbocycles. The summed E-state index contributed by atoms with van der Waals surface area (Å²) in [6.07, 6.45) is 2.14. The zero-order chi connectivity index (χ0) is 14.0. The molecule has 1 aliphatic rings. The van der Waals surface area contributed by atoms with Gasteiger partial charge in [-0.25, -0.2) is 8.78 Å². The molecule has 0 saturated carbocycles. The van der Waals surface area contributed by atoms with Crippen molar-refractivity contribution in [2.24, 2.45) is 0 Å². The molecule has 0 radical (unpaired) electrons. The van der Waals surface area contributed by atoms with Gasteiger partial charge in [-0.2, -0.15) is 0 Å². The van der Waals surface area contributed by atoms with Gasteiger partial charge in [0.15, 0.2) is 0 Å². The predicted octanol–water partition coefficient (Wildman–Crippen LogP) is 3.10. The lowest BCUT2D eigenvalue weighted by Crippen LogP contribution is -2.46. The SMILES string of the molecule is CC(NC1CCN(C)C(C)C1)c1cc(F)cc(F)c1. The number of nitrogens with one attached hydrogen (secondary N) is 1. The molecule has 1 saturated heterocycles. The number of hydrogen-bond acceptors (Lipinski definition) is 2. The van der Waals surface area contributed by atoms with E-state index in [1.165, 1.54) is 12.1 Å². The van der Waals surface area contributed by atoms with Crippen LogP contribution in [0.3, 0.4) is 0 Å². The molecule has 106 valence electrons. The van der Waals surface area contributed by atoms with Crippen LogP contribution < -0.4 is 5.32 Å². The second-order valence-corrected chi connectivity index (χ2v) is 5.64. The highest BCUT2D eigenvalue weighted by Crippen LogP contribution is 2.21. The molecule has 1 fully saturated rings. The van der Waals surface area contributed by atoms with Crippen molar-refractivity contribution >= 4 is 0 Å². The lowest BCUT2D eigenvalue weighted by Gasteiger charge is -2.36. The van der Waals surface area contributed by atoms with Crippen LogP contribution in [0.4, 0.5) is 8.78 Å². The maximum atomic E-state index is 13.2. The van der Waals surface area contributed by atoms with Crippen LogP contribution in [0.25, 0.3) is 0 Å². The van der Waals surface area contributed by atoms with Gasteiger partial charge in [0.1, 0.15) is 11.6 Å². The average Bonchev–Trinajstić information content (AvgIpc) is 2.32. The molecule has 1 N–H and O–H groups in total. The van der Waals surface area contributed by atoms with Crippen LogP contribution >= 0.6 is 0 Å². The smallest absolute Gasteiger partial charge is 0.126 e. The Balaban J connectivity index is 1.99. The van der Waals surface area contributed by atoms with Crippen molar-refractivity contribution in [1.82, 2.24) is 10.2 Å². The van der Waals surface area contributed by atoms with Crippen molar-refractivity contribution in [3.8, 4) is 0 Å². The zero-order valence-electron chi connectivity index (χ0n) is 11.8. The Bertz CT molecular complexity index is 416. The molecule has 1 aromatic rings. The molecule has 3 atom stereocenters. The van der Waals surface area contributed by atoms with E-state index in [2.05, 4.69) is 24.2 Å². The number of hydrogen-bond donors (Lipinski definition) is 1. The third-order valence-corrected chi connectivity index (χ3v) is 4.08. The minimum absolute atomic E-state index is 0.0363. The lowest BCUT2D eigenvalue weighted by molar-refractivity contribution is 0.163. The first-order chi connectivity index (χ1) is 8.95. The molecule has 2 rings (SSSR count). The highest BCUT2D eigenvalue weighted by Gasteiger charge is 2.24. The highest BCUT2D eigenvalue weighted by atomic mass is 19.1. The third-order valence-electron chi connectivity index (χ3n) is 4.08. The molecule has 4 heteroatoms. The van der Waals surface area contributed by atoms with E-state index in [1.807, 2.05) is 6.92 Å². The first kappa shape index (κ1) is 14.4. The summed E-state index contributed by atoms with van der Waals surface area (Å²) in [5, 5.41) is 3.48. The molecular formula is C15H22F2N2. The molecule has 3 unspecified atom stereocenters. The molecule has 0 bridgehead atoms. The number of nitrogens with zero attached hydrogens (tertiary/aromatic N) is 1. The van der Waals surface area contributed by atoms with Gasteiger partial charge in [0.05, 0.1) is 0 Å². The van der Waals surface area contributed by atoms with Crippen LogP contribution in [0.5, 0.6) is 0 Å². The first-order valence-corrected chi connectivity index (χ1v) is 6.88. The second-order valence-electron chi connectivity index (χ2n) is 5.64. The van der Waals surface area contributed by atoms with Gasteiger partial charge in [0.25, 0.3) is 0 Å². The Morgan fingerprint density at radius 1 is 1.26 bits per heavy atom. The van der Waals surface area contributed by atoms with Crippen LogP contribution in [-0.4, -0.2) is 30.6 Å². The van der Waals surface area contributed by atoms with Crippen molar-refractivity contribution in [2.75, 3.05) is 13.6 Å². The van der Waals surface area contributed by atoms with E-state index < -0.39 is 11.6 Å². The minimum Gasteiger partial charge on any atom is -0.307 e. The second kappa shape index (κ2) is 5.97.